The van der Waals surface area contributed by atoms with E-state index in [2.05, 4.69) is 6.92 Å². The van der Waals surface area contributed by atoms with Crippen LogP contribution in [0.5, 0.6) is 5.75 Å². The maximum atomic E-state index is 9.90. The second-order valence-corrected chi connectivity index (χ2v) is 4.72. The van der Waals surface area contributed by atoms with Crippen LogP contribution in [0, 0.1) is 0 Å². The van der Waals surface area contributed by atoms with E-state index in [1.165, 1.54) is 25.7 Å². The molecule has 1 aromatic rings. The molecule has 2 heteroatoms. The normalized spacial score (nSPS) is 12.4. The van der Waals surface area contributed by atoms with Crippen molar-refractivity contribution >= 4 is 0 Å². The van der Waals surface area contributed by atoms with E-state index in [1.54, 1.807) is 0 Å². The Balaban J connectivity index is 2.37. The highest BCUT2D eigenvalue weighted by atomic mass is 16.5. The summed E-state index contributed by atoms with van der Waals surface area (Å²) in [6.07, 6.45) is 6.50. The SMILES string of the molecule is CCCCCCCOc1ccccc1[C@H](O)CC. The molecule has 0 aliphatic carbocycles. The highest BCUT2D eigenvalue weighted by Gasteiger charge is 2.10. The zero-order valence-electron chi connectivity index (χ0n) is 11.7. The van der Waals surface area contributed by atoms with Gasteiger partial charge >= 0.3 is 0 Å². The van der Waals surface area contributed by atoms with Crippen molar-refractivity contribution in [3.63, 3.8) is 0 Å². The van der Waals surface area contributed by atoms with Crippen molar-refractivity contribution in [2.75, 3.05) is 6.61 Å². The van der Waals surface area contributed by atoms with Crippen LogP contribution in [0.1, 0.15) is 64.0 Å². The third-order valence-electron chi connectivity index (χ3n) is 3.17. The molecule has 0 radical (unpaired) electrons. The fourth-order valence-electron chi connectivity index (χ4n) is 1.99. The topological polar surface area (TPSA) is 29.5 Å². The largest absolute Gasteiger partial charge is 0.493 e. The summed E-state index contributed by atoms with van der Waals surface area (Å²) in [5.41, 5.74) is 0.911. The Morgan fingerprint density at radius 1 is 1.06 bits per heavy atom. The number of benzene rings is 1. The molecule has 1 rings (SSSR count). The molecule has 0 fully saturated rings. The van der Waals surface area contributed by atoms with Gasteiger partial charge in [0.05, 0.1) is 12.7 Å². The molecule has 0 heterocycles. The molecular formula is C16H26O2. The van der Waals surface area contributed by atoms with Gasteiger partial charge in [0.1, 0.15) is 5.75 Å². The van der Waals surface area contributed by atoms with Gasteiger partial charge in [0.25, 0.3) is 0 Å². The molecule has 18 heavy (non-hydrogen) atoms. The molecule has 0 amide bonds. The van der Waals surface area contributed by atoms with Crippen LogP contribution in [0.2, 0.25) is 0 Å². The zero-order chi connectivity index (χ0) is 13.2. The first-order valence-electron chi connectivity index (χ1n) is 7.19. The average Bonchev–Trinajstić information content (AvgIpc) is 2.42. The molecule has 1 aromatic carbocycles. The Hall–Kier alpha value is -1.02. The van der Waals surface area contributed by atoms with Crippen LogP contribution in [-0.4, -0.2) is 11.7 Å². The van der Waals surface area contributed by atoms with E-state index < -0.39 is 6.10 Å². The molecule has 0 saturated carbocycles. The molecule has 1 N–H and O–H groups in total. The Kier molecular flexibility index (Phi) is 7.51. The van der Waals surface area contributed by atoms with E-state index in [0.717, 1.165) is 30.8 Å². The van der Waals surface area contributed by atoms with Crippen molar-refractivity contribution in [2.45, 2.75) is 58.5 Å². The van der Waals surface area contributed by atoms with Crippen LogP contribution in [0.15, 0.2) is 24.3 Å². The Morgan fingerprint density at radius 3 is 2.50 bits per heavy atom. The molecule has 0 aliphatic rings. The van der Waals surface area contributed by atoms with Crippen LogP contribution in [0.4, 0.5) is 0 Å². The molecule has 1 atom stereocenters. The first-order chi connectivity index (χ1) is 8.79. The minimum Gasteiger partial charge on any atom is -0.493 e. The predicted molar refractivity (Wildman–Crippen MR) is 75.9 cm³/mol. The number of hydrogen-bond acceptors (Lipinski definition) is 2. The van der Waals surface area contributed by atoms with Crippen molar-refractivity contribution in [2.24, 2.45) is 0 Å². The molecule has 0 unspecified atom stereocenters. The predicted octanol–water partition coefficient (Wildman–Crippen LogP) is 4.48. The number of unbranched alkanes of at least 4 members (excludes halogenated alkanes) is 4. The molecule has 0 aromatic heterocycles. The summed E-state index contributed by atoms with van der Waals surface area (Å²) >= 11 is 0. The van der Waals surface area contributed by atoms with E-state index in [-0.39, 0.29) is 0 Å². The second kappa shape index (κ2) is 8.98. The van der Waals surface area contributed by atoms with E-state index in [4.69, 9.17) is 4.74 Å². The second-order valence-electron chi connectivity index (χ2n) is 4.72. The van der Waals surface area contributed by atoms with E-state index in [9.17, 15) is 5.11 Å². The van der Waals surface area contributed by atoms with Gasteiger partial charge in [-0.3, -0.25) is 0 Å². The Morgan fingerprint density at radius 2 is 1.78 bits per heavy atom. The molecular weight excluding hydrogens is 224 g/mol. The van der Waals surface area contributed by atoms with Crippen LogP contribution in [0.3, 0.4) is 0 Å². The molecule has 0 bridgehead atoms. The number of aliphatic hydroxyl groups excluding tert-OH is 1. The van der Waals surface area contributed by atoms with Gasteiger partial charge < -0.3 is 9.84 Å². The lowest BCUT2D eigenvalue weighted by Gasteiger charge is -2.14. The molecule has 0 saturated heterocycles. The number of para-hydroxylation sites is 1. The first-order valence-corrected chi connectivity index (χ1v) is 7.19. The molecule has 0 spiro atoms. The third-order valence-corrected chi connectivity index (χ3v) is 3.17. The highest BCUT2D eigenvalue weighted by molar-refractivity contribution is 5.34. The first kappa shape index (κ1) is 15.0. The van der Waals surface area contributed by atoms with Crippen molar-refractivity contribution < 1.29 is 9.84 Å². The number of ether oxygens (including phenoxy) is 1. The number of rotatable bonds is 9. The summed E-state index contributed by atoms with van der Waals surface area (Å²) in [7, 11) is 0. The fraction of sp³-hybridized carbons (Fsp3) is 0.625. The number of aliphatic hydroxyl groups is 1. The smallest absolute Gasteiger partial charge is 0.125 e. The lowest BCUT2D eigenvalue weighted by atomic mass is 10.1. The maximum Gasteiger partial charge on any atom is 0.125 e. The van der Waals surface area contributed by atoms with Gasteiger partial charge in [-0.05, 0) is 18.9 Å². The zero-order valence-corrected chi connectivity index (χ0v) is 11.7. The van der Waals surface area contributed by atoms with E-state index in [1.807, 2.05) is 31.2 Å². The summed E-state index contributed by atoms with van der Waals surface area (Å²) in [5.74, 6) is 0.836. The van der Waals surface area contributed by atoms with E-state index in [0.29, 0.717) is 0 Å². The summed E-state index contributed by atoms with van der Waals surface area (Å²) in [4.78, 5) is 0. The van der Waals surface area contributed by atoms with E-state index >= 15 is 0 Å². The lowest BCUT2D eigenvalue weighted by Crippen LogP contribution is -2.03. The summed E-state index contributed by atoms with van der Waals surface area (Å²) < 4.78 is 5.78. The lowest BCUT2D eigenvalue weighted by molar-refractivity contribution is 0.167. The van der Waals surface area contributed by atoms with Crippen LogP contribution >= 0.6 is 0 Å². The minimum absolute atomic E-state index is 0.415. The summed E-state index contributed by atoms with van der Waals surface area (Å²) in [6.45, 7) is 4.95. The van der Waals surface area contributed by atoms with Gasteiger partial charge in [0.2, 0.25) is 0 Å². The van der Waals surface area contributed by atoms with Crippen molar-refractivity contribution in [3.8, 4) is 5.75 Å². The van der Waals surface area contributed by atoms with Crippen LogP contribution in [-0.2, 0) is 0 Å². The molecule has 2 nitrogen and oxygen atoms in total. The Bertz CT molecular complexity index is 323. The standard InChI is InChI=1S/C16H26O2/c1-3-5-6-7-10-13-18-16-12-9-8-11-14(16)15(17)4-2/h8-9,11-12,15,17H,3-7,10,13H2,1-2H3/t15-/m1/s1. The summed E-state index contributed by atoms with van der Waals surface area (Å²) in [6, 6.07) is 7.79. The Labute approximate surface area is 111 Å². The highest BCUT2D eigenvalue weighted by Crippen LogP contribution is 2.26. The van der Waals surface area contributed by atoms with Gasteiger partial charge in [-0.1, -0.05) is 57.7 Å². The third kappa shape index (κ3) is 5.09. The molecule has 102 valence electrons. The van der Waals surface area contributed by atoms with Crippen molar-refractivity contribution in [1.29, 1.82) is 0 Å². The van der Waals surface area contributed by atoms with Crippen LogP contribution < -0.4 is 4.74 Å². The molecule has 0 aliphatic heterocycles. The maximum absolute atomic E-state index is 9.90. The number of hydrogen-bond donors (Lipinski definition) is 1. The fourth-order valence-corrected chi connectivity index (χ4v) is 1.99. The van der Waals surface area contributed by atoms with Gasteiger partial charge in [-0.15, -0.1) is 0 Å². The van der Waals surface area contributed by atoms with Gasteiger partial charge in [-0.2, -0.15) is 0 Å². The van der Waals surface area contributed by atoms with Crippen LogP contribution in [0.25, 0.3) is 0 Å². The van der Waals surface area contributed by atoms with Crippen molar-refractivity contribution in [3.05, 3.63) is 29.8 Å². The van der Waals surface area contributed by atoms with Gasteiger partial charge in [0, 0.05) is 5.56 Å². The summed E-state index contributed by atoms with van der Waals surface area (Å²) in [5, 5.41) is 9.90. The van der Waals surface area contributed by atoms with Gasteiger partial charge in [-0.25, -0.2) is 0 Å². The van der Waals surface area contributed by atoms with Crippen molar-refractivity contribution in [1.82, 2.24) is 0 Å². The van der Waals surface area contributed by atoms with Gasteiger partial charge in [0.15, 0.2) is 0 Å². The monoisotopic (exact) mass is 250 g/mol. The quantitative estimate of drug-likeness (QED) is 0.655. The minimum atomic E-state index is -0.415. The average molecular weight is 250 g/mol.